The monoisotopic (exact) mass is 459 g/mol. The highest BCUT2D eigenvalue weighted by molar-refractivity contribution is 6.01. The van der Waals surface area contributed by atoms with Crippen molar-refractivity contribution >= 4 is 17.5 Å². The Balaban J connectivity index is 1.71. The Bertz CT molecular complexity index is 1190. The summed E-state index contributed by atoms with van der Waals surface area (Å²) in [6.07, 6.45) is 0. The maximum absolute atomic E-state index is 13.8. The minimum absolute atomic E-state index is 0.0550. The van der Waals surface area contributed by atoms with Crippen LogP contribution in [0.3, 0.4) is 0 Å². The number of aromatic nitrogens is 2. The second-order valence-corrected chi connectivity index (χ2v) is 8.87. The Morgan fingerprint density at radius 1 is 1.12 bits per heavy atom. The lowest BCUT2D eigenvalue weighted by Crippen LogP contribution is -2.51. The Morgan fingerprint density at radius 2 is 1.76 bits per heavy atom. The van der Waals surface area contributed by atoms with Crippen LogP contribution in [0.1, 0.15) is 40.1 Å². The van der Waals surface area contributed by atoms with Crippen molar-refractivity contribution in [3.8, 4) is 0 Å². The summed E-state index contributed by atoms with van der Waals surface area (Å²) in [6, 6.07) is 4.40. The van der Waals surface area contributed by atoms with Gasteiger partial charge in [0.25, 0.3) is 11.5 Å². The van der Waals surface area contributed by atoms with Gasteiger partial charge >= 0.3 is 5.69 Å². The zero-order valence-electron chi connectivity index (χ0n) is 19.4. The topological polar surface area (TPSA) is 111 Å². The molecule has 0 spiro atoms. The molecule has 1 saturated heterocycles. The van der Waals surface area contributed by atoms with Crippen molar-refractivity contribution in [3.63, 3.8) is 0 Å². The van der Waals surface area contributed by atoms with Crippen molar-refractivity contribution in [1.29, 1.82) is 0 Å². The van der Waals surface area contributed by atoms with Crippen LogP contribution in [0.15, 0.2) is 27.8 Å². The molecule has 9 nitrogen and oxygen atoms in total. The molecular weight excluding hydrogens is 429 g/mol. The van der Waals surface area contributed by atoms with E-state index in [0.717, 1.165) is 4.57 Å². The number of carbonyl (C=O) groups excluding carboxylic acids is 2. The molecule has 0 unspecified atom stereocenters. The largest absolute Gasteiger partial charge is 0.384 e. The van der Waals surface area contributed by atoms with E-state index in [1.165, 1.54) is 17.7 Å². The van der Waals surface area contributed by atoms with E-state index in [1.807, 2.05) is 18.7 Å². The number of Topliss-reactive ketones (excluding diaryl/α,β-unsaturated/α-hetero) is 1. The Hall–Kier alpha value is -3.27. The highest BCUT2D eigenvalue weighted by Gasteiger charge is 2.27. The molecule has 1 fully saturated rings. The molecule has 1 aromatic heterocycles. The molecule has 2 heterocycles. The molecule has 2 N–H and O–H groups in total. The van der Waals surface area contributed by atoms with E-state index in [4.69, 9.17) is 5.73 Å². The van der Waals surface area contributed by atoms with Crippen LogP contribution in [0.2, 0.25) is 0 Å². The van der Waals surface area contributed by atoms with Crippen LogP contribution in [0.4, 0.5) is 10.2 Å². The van der Waals surface area contributed by atoms with Gasteiger partial charge < -0.3 is 10.6 Å². The quantitative estimate of drug-likeness (QED) is 0.642. The second-order valence-electron chi connectivity index (χ2n) is 8.87. The first-order valence-electron chi connectivity index (χ1n) is 10.9. The lowest BCUT2D eigenvalue weighted by molar-refractivity contribution is 0.0623. The molecule has 0 aliphatic carbocycles. The number of ketones is 1. The van der Waals surface area contributed by atoms with Crippen molar-refractivity contribution in [1.82, 2.24) is 18.9 Å². The van der Waals surface area contributed by atoms with E-state index in [0.29, 0.717) is 38.3 Å². The van der Waals surface area contributed by atoms with Crippen molar-refractivity contribution in [2.45, 2.75) is 27.3 Å². The fourth-order valence-corrected chi connectivity index (χ4v) is 3.89. The Kier molecular flexibility index (Phi) is 7.16. The van der Waals surface area contributed by atoms with Crippen LogP contribution < -0.4 is 17.0 Å². The molecule has 0 saturated carbocycles. The molecule has 1 aliphatic heterocycles. The van der Waals surface area contributed by atoms with E-state index in [1.54, 1.807) is 24.0 Å². The number of piperazine rings is 1. The van der Waals surface area contributed by atoms with Gasteiger partial charge in [0.2, 0.25) is 0 Å². The number of nitrogens with two attached hydrogens (primary N) is 1. The van der Waals surface area contributed by atoms with Crippen molar-refractivity contribution in [2.24, 2.45) is 13.0 Å². The van der Waals surface area contributed by atoms with Crippen molar-refractivity contribution in [2.75, 3.05) is 38.5 Å². The number of nitrogens with zero attached hydrogens (tertiary/aromatic N) is 4. The van der Waals surface area contributed by atoms with Gasteiger partial charge in [-0.1, -0.05) is 19.9 Å². The Labute approximate surface area is 191 Å². The number of nitrogen functional groups attached to an aromatic ring is 1. The summed E-state index contributed by atoms with van der Waals surface area (Å²) < 4.78 is 16.0. The molecule has 1 amide bonds. The van der Waals surface area contributed by atoms with Gasteiger partial charge in [-0.25, -0.2) is 9.18 Å². The Morgan fingerprint density at radius 3 is 2.33 bits per heavy atom. The number of aryl methyl sites for hydroxylation is 1. The number of hydrogen-bond acceptors (Lipinski definition) is 6. The second kappa shape index (κ2) is 9.70. The smallest absolute Gasteiger partial charge is 0.332 e. The molecule has 0 atom stereocenters. The fraction of sp³-hybridized carbons (Fsp3) is 0.478. The predicted octanol–water partition coefficient (Wildman–Crippen LogP) is 0.873. The minimum Gasteiger partial charge on any atom is -0.384 e. The number of rotatable bonds is 6. The SMILES string of the molecule is Cc1ccc(C(=O)N2CCN(CC(=O)c3c(N)n(CC(C)C)c(=O)n(C)c3=O)CC2)cc1F. The van der Waals surface area contributed by atoms with E-state index in [-0.39, 0.29) is 35.3 Å². The molecule has 178 valence electrons. The number of amides is 1. The summed E-state index contributed by atoms with van der Waals surface area (Å²) in [7, 11) is 1.33. The van der Waals surface area contributed by atoms with Crippen LogP contribution >= 0.6 is 0 Å². The first kappa shape index (κ1) is 24.4. The number of anilines is 1. The van der Waals surface area contributed by atoms with Gasteiger partial charge in [0, 0.05) is 45.3 Å². The summed E-state index contributed by atoms with van der Waals surface area (Å²) in [4.78, 5) is 54.2. The summed E-state index contributed by atoms with van der Waals surface area (Å²) in [5, 5.41) is 0. The van der Waals surface area contributed by atoms with Crippen molar-refractivity contribution < 1.29 is 14.0 Å². The average Bonchev–Trinajstić information content (AvgIpc) is 2.77. The standard InChI is InChI=1S/C23H30FN5O4/c1-14(2)12-29-20(25)19(22(32)26(4)23(29)33)18(30)13-27-7-9-28(10-8-27)21(31)16-6-5-15(3)17(24)11-16/h5-6,11,14H,7-10,12-13,25H2,1-4H3. The van der Waals surface area contributed by atoms with Gasteiger partial charge in [0.15, 0.2) is 5.78 Å². The van der Waals surface area contributed by atoms with E-state index in [9.17, 15) is 23.6 Å². The maximum Gasteiger partial charge on any atom is 0.332 e. The lowest BCUT2D eigenvalue weighted by atomic mass is 10.1. The molecule has 1 aliphatic rings. The molecule has 3 rings (SSSR count). The van der Waals surface area contributed by atoms with E-state index < -0.39 is 22.8 Å². The molecular formula is C23H30FN5O4. The third kappa shape index (κ3) is 5.05. The van der Waals surface area contributed by atoms with Crippen LogP contribution in [-0.2, 0) is 13.6 Å². The van der Waals surface area contributed by atoms with Gasteiger partial charge in [-0.05, 0) is 30.5 Å². The molecule has 1 aromatic carbocycles. The molecule has 0 bridgehead atoms. The third-order valence-corrected chi connectivity index (χ3v) is 5.86. The number of hydrogen-bond donors (Lipinski definition) is 1. The van der Waals surface area contributed by atoms with Crippen molar-refractivity contribution in [3.05, 3.63) is 61.5 Å². The number of halogens is 1. The van der Waals surface area contributed by atoms with Crippen LogP contribution in [0.25, 0.3) is 0 Å². The normalized spacial score (nSPS) is 14.7. The molecule has 2 aromatic rings. The number of benzene rings is 1. The highest BCUT2D eigenvalue weighted by atomic mass is 19.1. The van der Waals surface area contributed by atoms with Gasteiger partial charge in [0.05, 0.1) is 6.54 Å². The predicted molar refractivity (Wildman–Crippen MR) is 123 cm³/mol. The summed E-state index contributed by atoms with van der Waals surface area (Å²) >= 11 is 0. The highest BCUT2D eigenvalue weighted by Crippen LogP contribution is 2.14. The van der Waals surface area contributed by atoms with Gasteiger partial charge in [-0.2, -0.15) is 0 Å². The van der Waals surface area contributed by atoms with Crippen LogP contribution in [-0.4, -0.2) is 63.3 Å². The number of carbonyl (C=O) groups is 2. The maximum atomic E-state index is 13.8. The average molecular weight is 460 g/mol. The lowest BCUT2D eigenvalue weighted by Gasteiger charge is -2.34. The first-order chi connectivity index (χ1) is 15.5. The fourth-order valence-electron chi connectivity index (χ4n) is 3.89. The summed E-state index contributed by atoms with van der Waals surface area (Å²) in [5.41, 5.74) is 5.39. The molecule has 33 heavy (non-hydrogen) atoms. The van der Waals surface area contributed by atoms with Gasteiger partial charge in [0.1, 0.15) is 17.2 Å². The van der Waals surface area contributed by atoms with E-state index in [2.05, 4.69) is 0 Å². The third-order valence-electron chi connectivity index (χ3n) is 5.86. The zero-order chi connectivity index (χ0) is 24.4. The molecule has 0 radical (unpaired) electrons. The first-order valence-corrected chi connectivity index (χ1v) is 10.9. The van der Waals surface area contributed by atoms with Crippen LogP contribution in [0.5, 0.6) is 0 Å². The van der Waals surface area contributed by atoms with E-state index >= 15 is 0 Å². The van der Waals surface area contributed by atoms with Crippen LogP contribution in [0, 0.1) is 18.7 Å². The zero-order valence-corrected chi connectivity index (χ0v) is 19.4. The van der Waals surface area contributed by atoms with Gasteiger partial charge in [-0.15, -0.1) is 0 Å². The summed E-state index contributed by atoms with van der Waals surface area (Å²) in [5.74, 6) is -1.18. The van der Waals surface area contributed by atoms with Gasteiger partial charge in [-0.3, -0.25) is 28.4 Å². The minimum atomic E-state index is -0.710. The summed E-state index contributed by atoms with van der Waals surface area (Å²) in [6.45, 7) is 7.24. The molecule has 10 heteroatoms.